The monoisotopic (exact) mass is 554 g/mol. The molecule has 2 rings (SSSR count). The summed E-state index contributed by atoms with van der Waals surface area (Å²) >= 11 is 0. The first-order chi connectivity index (χ1) is 19.4. The fourth-order valence-electron chi connectivity index (χ4n) is 4.39. The molecule has 2 aromatic carbocycles. The molecular formula is C33H46O7. The molecule has 0 fully saturated rings. The van der Waals surface area contributed by atoms with E-state index in [2.05, 4.69) is 6.92 Å². The van der Waals surface area contributed by atoms with E-state index in [0.29, 0.717) is 17.7 Å². The smallest absolute Gasteiger partial charge is 0.305 e. The van der Waals surface area contributed by atoms with E-state index in [1.54, 1.807) is 44.2 Å². The van der Waals surface area contributed by atoms with E-state index in [-0.39, 0.29) is 48.7 Å². The molecular weight excluding hydrogens is 508 g/mol. The number of carbonyl (C=O) groups excluding carboxylic acids is 3. The van der Waals surface area contributed by atoms with Gasteiger partial charge in [-0.1, -0.05) is 109 Å². The molecule has 0 saturated heterocycles. The summed E-state index contributed by atoms with van der Waals surface area (Å²) in [5.74, 6) is -1.26. The Kier molecular flexibility index (Phi) is 15.5. The van der Waals surface area contributed by atoms with E-state index >= 15 is 0 Å². The van der Waals surface area contributed by atoms with Gasteiger partial charge in [-0.05, 0) is 12.5 Å². The van der Waals surface area contributed by atoms with Gasteiger partial charge in [-0.3, -0.25) is 14.4 Å². The molecule has 0 aliphatic carbocycles. The van der Waals surface area contributed by atoms with Crippen LogP contribution < -0.4 is 4.74 Å². The Morgan fingerprint density at radius 3 is 1.85 bits per heavy atom. The van der Waals surface area contributed by atoms with Crippen molar-refractivity contribution in [2.45, 2.75) is 111 Å². The number of esters is 2. The largest absolute Gasteiger partial charge is 0.507 e. The fourth-order valence-corrected chi connectivity index (χ4v) is 4.39. The van der Waals surface area contributed by atoms with E-state index in [1.807, 2.05) is 0 Å². The Bertz CT molecular complexity index is 1060. The highest BCUT2D eigenvalue weighted by Gasteiger charge is 2.25. The van der Waals surface area contributed by atoms with Gasteiger partial charge in [0.2, 0.25) is 0 Å². The van der Waals surface area contributed by atoms with Crippen LogP contribution in [0.25, 0.3) is 0 Å². The van der Waals surface area contributed by atoms with Gasteiger partial charge in [0, 0.05) is 24.0 Å². The minimum Gasteiger partial charge on any atom is -0.507 e. The van der Waals surface area contributed by atoms with Gasteiger partial charge in [0.1, 0.15) is 24.7 Å². The minimum absolute atomic E-state index is 0.0302. The number of carbonyl (C=O) groups is 3. The van der Waals surface area contributed by atoms with Crippen molar-refractivity contribution in [2.75, 3.05) is 6.61 Å². The molecule has 0 heterocycles. The topological polar surface area (TPSA) is 99.1 Å². The van der Waals surface area contributed by atoms with Crippen LogP contribution in [0.2, 0.25) is 0 Å². The molecule has 1 N–H and O–H groups in total. The standard InChI is InChI=1S/C33H46O7/c1-4-7-8-9-10-11-12-13-14-18-21-38-33-26(23-39-29(34)5-2)22-27(31(36)25-19-16-15-17-20-25)32(37)28(33)24-40-30(35)6-3/h15-17,19-20,22,37H,4-14,18,21,23-24H2,1-3H3. The molecule has 0 aliphatic heterocycles. The molecule has 0 atom stereocenters. The van der Waals surface area contributed by atoms with Crippen LogP contribution in [0.5, 0.6) is 11.5 Å². The van der Waals surface area contributed by atoms with Gasteiger partial charge in [-0.15, -0.1) is 0 Å². The van der Waals surface area contributed by atoms with Crippen molar-refractivity contribution in [1.82, 2.24) is 0 Å². The lowest BCUT2D eigenvalue weighted by molar-refractivity contribution is -0.145. The predicted octanol–water partition coefficient (Wildman–Crippen LogP) is 7.83. The second-order valence-electron chi connectivity index (χ2n) is 9.99. The first-order valence-electron chi connectivity index (χ1n) is 14.8. The number of phenolic OH excluding ortho intramolecular Hbond substituents is 1. The quantitative estimate of drug-likeness (QED) is 0.101. The summed E-state index contributed by atoms with van der Waals surface area (Å²) < 4.78 is 16.9. The Morgan fingerprint density at radius 2 is 1.27 bits per heavy atom. The van der Waals surface area contributed by atoms with Crippen molar-refractivity contribution in [3.05, 3.63) is 58.7 Å². The van der Waals surface area contributed by atoms with E-state index in [9.17, 15) is 19.5 Å². The molecule has 0 unspecified atom stereocenters. The molecule has 40 heavy (non-hydrogen) atoms. The van der Waals surface area contributed by atoms with Crippen LogP contribution in [0.1, 0.15) is 125 Å². The molecule has 0 aromatic heterocycles. The zero-order chi connectivity index (χ0) is 29.2. The molecule has 0 bridgehead atoms. The van der Waals surface area contributed by atoms with Crippen molar-refractivity contribution < 1.29 is 33.7 Å². The van der Waals surface area contributed by atoms with Crippen molar-refractivity contribution in [3.8, 4) is 11.5 Å². The average molecular weight is 555 g/mol. The molecule has 0 spiro atoms. The number of phenols is 1. The highest BCUT2D eigenvalue weighted by Crippen LogP contribution is 2.38. The number of benzene rings is 2. The zero-order valence-electron chi connectivity index (χ0n) is 24.5. The van der Waals surface area contributed by atoms with Crippen LogP contribution in [0.4, 0.5) is 0 Å². The van der Waals surface area contributed by atoms with Crippen LogP contribution in [0.15, 0.2) is 36.4 Å². The van der Waals surface area contributed by atoms with Crippen molar-refractivity contribution in [1.29, 1.82) is 0 Å². The van der Waals surface area contributed by atoms with Gasteiger partial charge >= 0.3 is 11.9 Å². The number of aromatic hydroxyl groups is 1. The second-order valence-corrected chi connectivity index (χ2v) is 9.99. The highest BCUT2D eigenvalue weighted by atomic mass is 16.5. The van der Waals surface area contributed by atoms with Crippen molar-refractivity contribution in [2.24, 2.45) is 0 Å². The highest BCUT2D eigenvalue weighted by molar-refractivity contribution is 6.11. The summed E-state index contributed by atoms with van der Waals surface area (Å²) in [6, 6.07) is 10.1. The van der Waals surface area contributed by atoms with Gasteiger partial charge in [0.05, 0.1) is 17.7 Å². The van der Waals surface area contributed by atoms with Crippen LogP contribution in [0, 0.1) is 0 Å². The summed E-state index contributed by atoms with van der Waals surface area (Å²) in [5.41, 5.74) is 1.05. The molecule has 7 nitrogen and oxygen atoms in total. The van der Waals surface area contributed by atoms with Gasteiger partial charge in [-0.2, -0.15) is 0 Å². The van der Waals surface area contributed by atoms with E-state index in [4.69, 9.17) is 14.2 Å². The molecule has 220 valence electrons. The number of ether oxygens (including phenoxy) is 3. The van der Waals surface area contributed by atoms with Crippen LogP contribution in [-0.4, -0.2) is 29.4 Å². The maximum Gasteiger partial charge on any atom is 0.305 e. The summed E-state index contributed by atoms with van der Waals surface area (Å²) in [4.78, 5) is 37.2. The number of unbranched alkanes of at least 4 members (excludes halogenated alkanes) is 9. The van der Waals surface area contributed by atoms with E-state index < -0.39 is 17.7 Å². The Morgan fingerprint density at radius 1 is 0.725 bits per heavy atom. The van der Waals surface area contributed by atoms with Crippen LogP contribution >= 0.6 is 0 Å². The summed E-state index contributed by atoms with van der Waals surface area (Å²) in [6.45, 7) is 5.58. The number of hydrogen-bond donors (Lipinski definition) is 1. The minimum atomic E-state index is -0.446. The predicted molar refractivity (Wildman–Crippen MR) is 155 cm³/mol. The van der Waals surface area contributed by atoms with E-state index in [0.717, 1.165) is 19.3 Å². The SMILES string of the molecule is CCCCCCCCCCCCOc1c(COC(=O)CC)cc(C(=O)c2ccccc2)c(O)c1COC(=O)CC. The second kappa shape index (κ2) is 18.9. The zero-order valence-corrected chi connectivity index (χ0v) is 24.5. The first-order valence-corrected chi connectivity index (χ1v) is 14.8. The maximum atomic E-state index is 13.3. The lowest BCUT2D eigenvalue weighted by Crippen LogP contribution is -2.13. The Hall–Kier alpha value is -3.35. The van der Waals surface area contributed by atoms with E-state index in [1.165, 1.54) is 51.0 Å². The molecule has 2 aromatic rings. The average Bonchev–Trinajstić information content (AvgIpc) is 2.98. The summed E-state index contributed by atoms with van der Waals surface area (Å²) in [6.07, 6.45) is 12.2. The number of hydrogen-bond acceptors (Lipinski definition) is 7. The third-order valence-electron chi connectivity index (χ3n) is 6.79. The fraction of sp³-hybridized carbons (Fsp3) is 0.545. The third-order valence-corrected chi connectivity index (χ3v) is 6.79. The van der Waals surface area contributed by atoms with Gasteiger partial charge in [-0.25, -0.2) is 0 Å². The molecule has 0 aliphatic rings. The number of rotatable bonds is 20. The molecule has 0 amide bonds. The van der Waals surface area contributed by atoms with Crippen LogP contribution in [-0.2, 0) is 32.3 Å². The maximum absolute atomic E-state index is 13.3. The molecule has 0 radical (unpaired) electrons. The van der Waals surface area contributed by atoms with Gasteiger partial charge in [0.15, 0.2) is 5.78 Å². The summed E-state index contributed by atoms with van der Waals surface area (Å²) in [7, 11) is 0. The third kappa shape index (κ3) is 11.0. The van der Waals surface area contributed by atoms with Crippen molar-refractivity contribution >= 4 is 17.7 Å². The molecule has 0 saturated carbocycles. The Labute approximate surface area is 239 Å². The Balaban J connectivity index is 2.22. The van der Waals surface area contributed by atoms with Crippen molar-refractivity contribution in [3.63, 3.8) is 0 Å². The lowest BCUT2D eigenvalue weighted by atomic mass is 9.96. The summed E-state index contributed by atoms with van der Waals surface area (Å²) in [5, 5.41) is 11.2. The van der Waals surface area contributed by atoms with Gasteiger partial charge < -0.3 is 19.3 Å². The van der Waals surface area contributed by atoms with Gasteiger partial charge in [0.25, 0.3) is 0 Å². The first kappa shape index (κ1) is 32.9. The molecule has 7 heteroatoms. The lowest BCUT2D eigenvalue weighted by Gasteiger charge is -2.20. The normalized spacial score (nSPS) is 10.8. The van der Waals surface area contributed by atoms with Crippen LogP contribution in [0.3, 0.4) is 0 Å². The number of ketones is 1.